The lowest BCUT2D eigenvalue weighted by atomic mass is 10.1. The number of aromatic hydroxyl groups is 1. The maximum absolute atomic E-state index is 11.9. The SMILES string of the molecule is Cc1ccc(C(=O)NCC2CCCCO2)cc1O. The first-order chi connectivity index (χ1) is 8.66. The number of amides is 1. The maximum atomic E-state index is 11.9. The van der Waals surface area contributed by atoms with Crippen LogP contribution in [0.15, 0.2) is 18.2 Å². The maximum Gasteiger partial charge on any atom is 0.251 e. The van der Waals surface area contributed by atoms with Crippen molar-refractivity contribution >= 4 is 5.91 Å². The van der Waals surface area contributed by atoms with Crippen LogP contribution in [0.2, 0.25) is 0 Å². The van der Waals surface area contributed by atoms with Gasteiger partial charge >= 0.3 is 0 Å². The van der Waals surface area contributed by atoms with Gasteiger partial charge in [-0.2, -0.15) is 0 Å². The fourth-order valence-electron chi connectivity index (χ4n) is 2.03. The molecule has 0 saturated carbocycles. The molecule has 1 aliphatic heterocycles. The summed E-state index contributed by atoms with van der Waals surface area (Å²) in [6.07, 6.45) is 3.39. The first kappa shape index (κ1) is 12.9. The molecular weight excluding hydrogens is 230 g/mol. The van der Waals surface area contributed by atoms with Gasteiger partial charge in [0.15, 0.2) is 0 Å². The van der Waals surface area contributed by atoms with Crippen LogP contribution < -0.4 is 5.32 Å². The Labute approximate surface area is 107 Å². The number of phenols is 1. The van der Waals surface area contributed by atoms with Crippen molar-refractivity contribution < 1.29 is 14.6 Å². The van der Waals surface area contributed by atoms with Gasteiger partial charge in [-0.15, -0.1) is 0 Å². The van der Waals surface area contributed by atoms with Crippen molar-refractivity contribution in [2.45, 2.75) is 32.3 Å². The van der Waals surface area contributed by atoms with E-state index in [2.05, 4.69) is 5.32 Å². The molecule has 1 aromatic carbocycles. The summed E-state index contributed by atoms with van der Waals surface area (Å²) in [5.74, 6) is -0.0176. The summed E-state index contributed by atoms with van der Waals surface area (Å²) in [4.78, 5) is 11.9. The first-order valence-electron chi connectivity index (χ1n) is 6.36. The van der Waals surface area contributed by atoms with Crippen molar-refractivity contribution in [1.82, 2.24) is 5.32 Å². The number of aryl methyl sites for hydroxylation is 1. The third-order valence-electron chi connectivity index (χ3n) is 3.24. The van der Waals surface area contributed by atoms with E-state index >= 15 is 0 Å². The van der Waals surface area contributed by atoms with Gasteiger partial charge in [0, 0.05) is 18.7 Å². The molecule has 1 saturated heterocycles. The molecule has 18 heavy (non-hydrogen) atoms. The average Bonchev–Trinajstić information content (AvgIpc) is 2.40. The van der Waals surface area contributed by atoms with Crippen LogP contribution in [0.1, 0.15) is 35.2 Å². The molecule has 1 amide bonds. The van der Waals surface area contributed by atoms with Crippen LogP contribution in [-0.4, -0.2) is 30.3 Å². The summed E-state index contributed by atoms with van der Waals surface area (Å²) in [6, 6.07) is 4.94. The monoisotopic (exact) mass is 249 g/mol. The Hall–Kier alpha value is -1.55. The zero-order valence-electron chi connectivity index (χ0n) is 10.6. The van der Waals surface area contributed by atoms with Gasteiger partial charge in [0.25, 0.3) is 5.91 Å². The fourth-order valence-corrected chi connectivity index (χ4v) is 2.03. The molecule has 1 aromatic rings. The summed E-state index contributed by atoms with van der Waals surface area (Å²) in [5, 5.41) is 12.4. The van der Waals surface area contributed by atoms with Gasteiger partial charge in [-0.25, -0.2) is 0 Å². The van der Waals surface area contributed by atoms with Crippen molar-refractivity contribution in [1.29, 1.82) is 0 Å². The average molecular weight is 249 g/mol. The van der Waals surface area contributed by atoms with E-state index in [-0.39, 0.29) is 17.8 Å². The Balaban J connectivity index is 1.88. The van der Waals surface area contributed by atoms with Crippen LogP contribution in [0.5, 0.6) is 5.75 Å². The van der Waals surface area contributed by atoms with Crippen LogP contribution in [0.3, 0.4) is 0 Å². The molecule has 1 heterocycles. The second-order valence-electron chi connectivity index (χ2n) is 4.70. The fraction of sp³-hybridized carbons (Fsp3) is 0.500. The van der Waals surface area contributed by atoms with Crippen LogP contribution in [0.25, 0.3) is 0 Å². The van der Waals surface area contributed by atoms with Crippen LogP contribution in [0, 0.1) is 6.92 Å². The molecule has 1 unspecified atom stereocenters. The van der Waals surface area contributed by atoms with Crippen LogP contribution in [-0.2, 0) is 4.74 Å². The van der Waals surface area contributed by atoms with E-state index in [1.165, 1.54) is 6.07 Å². The number of hydrogen-bond donors (Lipinski definition) is 2. The highest BCUT2D eigenvalue weighted by molar-refractivity contribution is 5.94. The smallest absolute Gasteiger partial charge is 0.251 e. The standard InChI is InChI=1S/C14H19NO3/c1-10-5-6-11(8-13(10)16)14(17)15-9-12-4-2-3-7-18-12/h5-6,8,12,16H,2-4,7,9H2,1H3,(H,15,17). The van der Waals surface area contributed by atoms with E-state index in [0.29, 0.717) is 12.1 Å². The molecular formula is C14H19NO3. The molecule has 0 spiro atoms. The Morgan fingerprint density at radius 2 is 2.33 bits per heavy atom. The van der Waals surface area contributed by atoms with Crippen molar-refractivity contribution in [3.8, 4) is 5.75 Å². The molecule has 1 atom stereocenters. The lowest BCUT2D eigenvalue weighted by Crippen LogP contribution is -2.35. The predicted octanol–water partition coefficient (Wildman–Crippen LogP) is 2.00. The Morgan fingerprint density at radius 3 is 3.00 bits per heavy atom. The van der Waals surface area contributed by atoms with E-state index in [4.69, 9.17) is 4.74 Å². The van der Waals surface area contributed by atoms with Gasteiger partial charge in [-0.05, 0) is 43.9 Å². The van der Waals surface area contributed by atoms with Gasteiger partial charge in [-0.1, -0.05) is 6.07 Å². The second-order valence-corrected chi connectivity index (χ2v) is 4.70. The summed E-state index contributed by atoms with van der Waals surface area (Å²) >= 11 is 0. The summed E-state index contributed by atoms with van der Waals surface area (Å²) in [7, 11) is 0. The van der Waals surface area contributed by atoms with Crippen molar-refractivity contribution in [3.05, 3.63) is 29.3 Å². The third kappa shape index (κ3) is 3.23. The first-order valence-corrected chi connectivity index (χ1v) is 6.36. The number of rotatable bonds is 3. The number of hydrogen-bond acceptors (Lipinski definition) is 3. The summed E-state index contributed by atoms with van der Waals surface area (Å²) in [6.45, 7) is 3.12. The summed E-state index contributed by atoms with van der Waals surface area (Å²) in [5.41, 5.74) is 1.25. The Morgan fingerprint density at radius 1 is 1.50 bits per heavy atom. The van der Waals surface area contributed by atoms with Gasteiger partial charge < -0.3 is 15.2 Å². The molecule has 4 nitrogen and oxygen atoms in total. The van der Waals surface area contributed by atoms with E-state index in [9.17, 15) is 9.90 Å². The molecule has 0 bridgehead atoms. The minimum Gasteiger partial charge on any atom is -0.508 e. The number of carbonyl (C=O) groups excluding carboxylic acids is 1. The molecule has 1 aliphatic rings. The normalized spacial score (nSPS) is 19.5. The van der Waals surface area contributed by atoms with Gasteiger partial charge in [0.05, 0.1) is 6.10 Å². The number of carbonyl (C=O) groups is 1. The number of benzene rings is 1. The molecule has 0 radical (unpaired) electrons. The second kappa shape index (κ2) is 5.87. The quantitative estimate of drug-likeness (QED) is 0.861. The van der Waals surface area contributed by atoms with E-state index in [0.717, 1.165) is 31.4 Å². The Kier molecular flexibility index (Phi) is 4.20. The Bertz CT molecular complexity index is 425. The molecule has 4 heteroatoms. The van der Waals surface area contributed by atoms with E-state index in [1.807, 2.05) is 0 Å². The van der Waals surface area contributed by atoms with Crippen LogP contribution in [0.4, 0.5) is 0 Å². The highest BCUT2D eigenvalue weighted by atomic mass is 16.5. The van der Waals surface area contributed by atoms with Crippen molar-refractivity contribution in [3.63, 3.8) is 0 Å². The van der Waals surface area contributed by atoms with Crippen molar-refractivity contribution in [2.75, 3.05) is 13.2 Å². The molecule has 0 aromatic heterocycles. The number of phenolic OH excluding ortho intramolecular Hbond substituents is 1. The zero-order chi connectivity index (χ0) is 13.0. The van der Waals surface area contributed by atoms with Crippen molar-refractivity contribution in [2.24, 2.45) is 0 Å². The molecule has 2 rings (SSSR count). The number of nitrogens with one attached hydrogen (secondary N) is 1. The van der Waals surface area contributed by atoms with Gasteiger partial charge in [0.1, 0.15) is 5.75 Å². The topological polar surface area (TPSA) is 58.6 Å². The lowest BCUT2D eigenvalue weighted by molar-refractivity contribution is 0.0169. The highest BCUT2D eigenvalue weighted by Crippen LogP contribution is 2.17. The lowest BCUT2D eigenvalue weighted by Gasteiger charge is -2.22. The number of ether oxygens (including phenoxy) is 1. The van der Waals surface area contributed by atoms with Crippen LogP contribution >= 0.6 is 0 Å². The predicted molar refractivity (Wildman–Crippen MR) is 68.8 cm³/mol. The molecule has 2 N–H and O–H groups in total. The third-order valence-corrected chi connectivity index (χ3v) is 3.24. The summed E-state index contributed by atoms with van der Waals surface area (Å²) < 4.78 is 5.54. The molecule has 1 fully saturated rings. The molecule has 0 aliphatic carbocycles. The largest absolute Gasteiger partial charge is 0.508 e. The highest BCUT2D eigenvalue weighted by Gasteiger charge is 2.15. The van der Waals surface area contributed by atoms with E-state index in [1.54, 1.807) is 19.1 Å². The van der Waals surface area contributed by atoms with Gasteiger partial charge in [0.2, 0.25) is 0 Å². The zero-order valence-corrected chi connectivity index (χ0v) is 10.6. The van der Waals surface area contributed by atoms with E-state index < -0.39 is 0 Å². The molecule has 98 valence electrons. The van der Waals surface area contributed by atoms with Gasteiger partial charge in [-0.3, -0.25) is 4.79 Å². The minimum absolute atomic E-state index is 0.127. The minimum atomic E-state index is -0.167.